The van der Waals surface area contributed by atoms with E-state index in [-0.39, 0.29) is 0 Å². The Balaban J connectivity index is 0.980. The fourth-order valence-corrected chi connectivity index (χ4v) is 10.8. The summed E-state index contributed by atoms with van der Waals surface area (Å²) in [6.45, 7) is 2.48. The second-order valence-corrected chi connectivity index (χ2v) is 17.2. The summed E-state index contributed by atoms with van der Waals surface area (Å²) in [7, 11) is 0. The third-order valence-corrected chi connectivity index (χ3v) is 13.5. The quantitative estimate of drug-likeness (QED) is 0.158. The zero-order valence-corrected chi connectivity index (χ0v) is 33.2. The molecule has 9 aromatic rings. The Morgan fingerprint density at radius 1 is 0.483 bits per heavy atom. The zero-order valence-electron chi connectivity index (χ0n) is 33.2. The summed E-state index contributed by atoms with van der Waals surface area (Å²) in [4.78, 5) is 2.46. The van der Waals surface area contributed by atoms with Gasteiger partial charge in [-0.25, -0.2) is 0 Å². The van der Waals surface area contributed by atoms with E-state index in [9.17, 15) is 0 Å². The van der Waals surface area contributed by atoms with E-state index in [0.717, 1.165) is 17.5 Å². The van der Waals surface area contributed by atoms with Crippen molar-refractivity contribution in [1.82, 2.24) is 4.57 Å². The molecule has 0 saturated heterocycles. The summed E-state index contributed by atoms with van der Waals surface area (Å²) in [5.74, 6) is 1.66. The molecule has 0 spiro atoms. The zero-order chi connectivity index (χ0) is 38.6. The van der Waals surface area contributed by atoms with Crippen molar-refractivity contribution in [1.29, 1.82) is 0 Å². The number of nitrogens with zero attached hydrogens (tertiary/aromatic N) is 2. The second-order valence-electron chi connectivity index (χ2n) is 17.2. The lowest BCUT2D eigenvalue weighted by atomic mass is 9.53. The van der Waals surface area contributed by atoms with E-state index in [2.05, 4.69) is 204 Å². The van der Waals surface area contributed by atoms with Crippen LogP contribution in [0.15, 0.2) is 188 Å². The van der Waals surface area contributed by atoms with Crippen LogP contribution in [0, 0.1) is 11.8 Å². The van der Waals surface area contributed by atoms with Gasteiger partial charge >= 0.3 is 0 Å². The summed E-state index contributed by atoms with van der Waals surface area (Å²) < 4.78 is 2.43. The van der Waals surface area contributed by atoms with Gasteiger partial charge in [0.1, 0.15) is 0 Å². The van der Waals surface area contributed by atoms with Crippen LogP contribution in [0.25, 0.3) is 60.5 Å². The van der Waals surface area contributed by atoms with Gasteiger partial charge in [-0.05, 0) is 136 Å². The average Bonchev–Trinajstić information content (AvgIpc) is 3.60. The van der Waals surface area contributed by atoms with Crippen molar-refractivity contribution in [2.45, 2.75) is 50.9 Å². The molecule has 3 aliphatic carbocycles. The van der Waals surface area contributed by atoms with Crippen LogP contribution in [0.4, 0.5) is 17.1 Å². The Bertz CT molecular complexity index is 2910. The molecule has 0 aliphatic heterocycles. The molecular weight excluding hydrogens is 701 g/mol. The third kappa shape index (κ3) is 6.02. The van der Waals surface area contributed by atoms with Crippen molar-refractivity contribution in [3.8, 4) is 27.9 Å². The van der Waals surface area contributed by atoms with E-state index in [4.69, 9.17) is 0 Å². The SMILES string of the molecule is C[C@H]1CCCC2CC(c3cccc(N(c4ccc(-c5ccccc5)cc4)c4ccc(-c5cccc(-n6c7ccccc7c7c8ccccc8ccc76)c5)cc4)c3)(C2)C1. The average molecular weight is 749 g/mol. The molecule has 0 unspecified atom stereocenters. The predicted molar refractivity (Wildman–Crippen MR) is 246 cm³/mol. The maximum absolute atomic E-state index is 2.52. The molecule has 3 aliphatic rings. The van der Waals surface area contributed by atoms with Crippen molar-refractivity contribution >= 4 is 49.6 Å². The minimum Gasteiger partial charge on any atom is -0.310 e. The lowest BCUT2D eigenvalue weighted by molar-refractivity contribution is 0.0809. The molecule has 2 nitrogen and oxygen atoms in total. The highest BCUT2D eigenvalue weighted by Gasteiger charge is 2.46. The van der Waals surface area contributed by atoms with Gasteiger partial charge in [-0.1, -0.05) is 154 Å². The molecular formula is C56H48N2. The van der Waals surface area contributed by atoms with Crippen LogP contribution in [0.5, 0.6) is 0 Å². The first-order valence-electron chi connectivity index (χ1n) is 21.3. The Morgan fingerprint density at radius 3 is 1.93 bits per heavy atom. The standard InChI is InChI=1S/C56H48N2/c1-39-12-9-13-40-37-56(36-39,38-40)46-18-11-20-50(35-46)57(47-29-24-42(25-30-47)41-14-3-2-4-15-41)48-31-26-43(27-32-48)45-17-10-19-49(34-45)58-53-23-8-7-22-52(53)55-51-21-6-5-16-44(51)28-33-54(55)58/h2-8,10-11,14-35,39-40H,9,12-13,36-38H2,1H3/t39-,40?,56?/m0/s1. The normalized spacial score (nSPS) is 19.1. The van der Waals surface area contributed by atoms with Crippen LogP contribution in [-0.2, 0) is 5.41 Å². The number of anilines is 3. The first kappa shape index (κ1) is 34.8. The highest BCUT2D eigenvalue weighted by atomic mass is 15.1. The summed E-state index contributed by atoms with van der Waals surface area (Å²) in [5, 5.41) is 5.16. The molecule has 3 saturated carbocycles. The first-order chi connectivity index (χ1) is 28.6. The van der Waals surface area contributed by atoms with Gasteiger partial charge in [0.15, 0.2) is 0 Å². The van der Waals surface area contributed by atoms with Crippen LogP contribution in [0.1, 0.15) is 51.0 Å². The molecule has 8 aromatic carbocycles. The van der Waals surface area contributed by atoms with Gasteiger partial charge in [0.2, 0.25) is 0 Å². The monoisotopic (exact) mass is 748 g/mol. The predicted octanol–water partition coefficient (Wildman–Crippen LogP) is 15.6. The fraction of sp³-hybridized carbons (Fsp3) is 0.179. The van der Waals surface area contributed by atoms with Crippen molar-refractivity contribution in [2.24, 2.45) is 11.8 Å². The van der Waals surface area contributed by atoms with E-state index >= 15 is 0 Å². The Hall–Kier alpha value is -6.38. The Morgan fingerprint density at radius 2 is 1.14 bits per heavy atom. The maximum Gasteiger partial charge on any atom is 0.0547 e. The number of rotatable bonds is 7. The van der Waals surface area contributed by atoms with Gasteiger partial charge in [-0.15, -0.1) is 0 Å². The minimum absolute atomic E-state index is 0.307. The van der Waals surface area contributed by atoms with Crippen molar-refractivity contribution in [3.05, 3.63) is 194 Å². The van der Waals surface area contributed by atoms with Gasteiger partial charge in [0.05, 0.1) is 11.0 Å². The van der Waals surface area contributed by atoms with Gasteiger partial charge < -0.3 is 9.47 Å². The van der Waals surface area contributed by atoms with Gasteiger partial charge in [-0.2, -0.15) is 0 Å². The van der Waals surface area contributed by atoms with Crippen molar-refractivity contribution in [3.63, 3.8) is 0 Å². The number of aromatic nitrogens is 1. The molecule has 1 atom stereocenters. The second kappa shape index (κ2) is 14.2. The Labute approximate surface area is 342 Å². The van der Waals surface area contributed by atoms with E-state index in [1.807, 2.05) is 0 Å². The van der Waals surface area contributed by atoms with E-state index in [0.29, 0.717) is 5.41 Å². The van der Waals surface area contributed by atoms with Crippen LogP contribution in [0.3, 0.4) is 0 Å². The molecule has 12 rings (SSSR count). The smallest absolute Gasteiger partial charge is 0.0547 e. The number of hydrogen-bond acceptors (Lipinski definition) is 1. The van der Waals surface area contributed by atoms with Crippen LogP contribution < -0.4 is 4.90 Å². The van der Waals surface area contributed by atoms with Gasteiger partial charge in [0.25, 0.3) is 0 Å². The molecule has 0 N–H and O–H groups in total. The number of benzene rings is 8. The highest BCUT2D eigenvalue weighted by molar-refractivity contribution is 6.21. The number of fused-ring (bicyclic) bond motifs is 9. The highest BCUT2D eigenvalue weighted by Crippen LogP contribution is 2.56. The summed E-state index contributed by atoms with van der Waals surface area (Å²) in [5.41, 5.74) is 13.9. The maximum atomic E-state index is 2.52. The lowest BCUT2D eigenvalue weighted by Crippen LogP contribution is -2.43. The van der Waals surface area contributed by atoms with Crippen LogP contribution in [0.2, 0.25) is 0 Å². The topological polar surface area (TPSA) is 8.17 Å². The van der Waals surface area contributed by atoms with E-state index in [1.165, 1.54) is 116 Å². The van der Waals surface area contributed by atoms with Crippen LogP contribution >= 0.6 is 0 Å². The molecule has 1 aromatic heterocycles. The molecule has 0 radical (unpaired) electrons. The molecule has 2 bridgehead atoms. The number of hydrogen-bond donors (Lipinski definition) is 0. The third-order valence-electron chi connectivity index (χ3n) is 13.5. The van der Waals surface area contributed by atoms with Crippen molar-refractivity contribution in [2.75, 3.05) is 4.90 Å². The first-order valence-corrected chi connectivity index (χ1v) is 21.3. The van der Waals surface area contributed by atoms with Crippen LogP contribution in [-0.4, -0.2) is 4.57 Å². The van der Waals surface area contributed by atoms with Crippen molar-refractivity contribution < 1.29 is 0 Å². The Kier molecular flexibility index (Phi) is 8.54. The molecule has 0 amide bonds. The van der Waals surface area contributed by atoms with Gasteiger partial charge in [-0.3, -0.25) is 0 Å². The van der Waals surface area contributed by atoms with Gasteiger partial charge in [0, 0.05) is 33.5 Å². The summed E-state index contributed by atoms with van der Waals surface area (Å²) in [6.07, 6.45) is 8.14. The number of para-hydroxylation sites is 1. The molecule has 282 valence electrons. The summed E-state index contributed by atoms with van der Waals surface area (Å²) >= 11 is 0. The fourth-order valence-electron chi connectivity index (χ4n) is 10.8. The minimum atomic E-state index is 0.307. The van der Waals surface area contributed by atoms with E-state index in [1.54, 1.807) is 0 Å². The molecule has 3 fully saturated rings. The lowest BCUT2D eigenvalue weighted by Gasteiger charge is -2.52. The molecule has 2 heteroatoms. The van der Waals surface area contributed by atoms with E-state index < -0.39 is 0 Å². The molecule has 1 heterocycles. The molecule has 58 heavy (non-hydrogen) atoms. The summed E-state index contributed by atoms with van der Waals surface area (Å²) in [6, 6.07) is 69.7. The largest absolute Gasteiger partial charge is 0.310 e.